The average molecular weight is 369 g/mol. The second-order valence-corrected chi connectivity index (χ2v) is 6.74. The second kappa shape index (κ2) is 7.56. The first-order valence-corrected chi connectivity index (χ1v) is 8.83. The molecular formula is C16H25F2N7O. The van der Waals surface area contributed by atoms with E-state index >= 15 is 0 Å². The molecule has 1 aliphatic carbocycles. The monoisotopic (exact) mass is 369 g/mol. The summed E-state index contributed by atoms with van der Waals surface area (Å²) in [7, 11) is 1.70. The van der Waals surface area contributed by atoms with Gasteiger partial charge in [-0.1, -0.05) is 0 Å². The average Bonchev–Trinajstić information content (AvgIpc) is 2.93. The lowest BCUT2D eigenvalue weighted by molar-refractivity contribution is -0.129. The van der Waals surface area contributed by atoms with Crippen LogP contribution in [0.25, 0.3) is 0 Å². The number of piperazine rings is 1. The maximum atomic E-state index is 13.4. The summed E-state index contributed by atoms with van der Waals surface area (Å²) in [5.41, 5.74) is 5.62. The number of amides is 1. The Morgan fingerprint density at radius 2 is 2.00 bits per heavy atom. The number of hydrazine groups is 1. The molecule has 1 amide bonds. The second-order valence-electron chi connectivity index (χ2n) is 6.74. The van der Waals surface area contributed by atoms with Crippen LogP contribution >= 0.6 is 0 Å². The molecular weight excluding hydrogens is 344 g/mol. The normalized spacial score (nSPS) is 22.4. The van der Waals surface area contributed by atoms with Crippen LogP contribution in [0, 0.1) is 0 Å². The Balaban J connectivity index is 1.73. The van der Waals surface area contributed by atoms with Crippen LogP contribution in [0.4, 0.5) is 26.4 Å². The molecule has 8 nitrogen and oxygen atoms in total. The van der Waals surface area contributed by atoms with Crippen LogP contribution < -0.4 is 21.1 Å². The largest absolute Gasteiger partial charge is 0.367 e. The molecule has 26 heavy (non-hydrogen) atoms. The van der Waals surface area contributed by atoms with Crippen molar-refractivity contribution in [1.29, 1.82) is 0 Å². The number of hydrogen-bond acceptors (Lipinski definition) is 7. The molecule has 3 rings (SSSR count). The first-order valence-electron chi connectivity index (χ1n) is 8.83. The van der Waals surface area contributed by atoms with Gasteiger partial charge in [-0.25, -0.2) is 14.2 Å². The number of halogens is 2. The third-order valence-corrected chi connectivity index (χ3v) is 4.75. The smallest absolute Gasteiger partial charge is 0.250 e. The van der Waals surface area contributed by atoms with Gasteiger partial charge in [0.1, 0.15) is 11.6 Å². The molecule has 10 heteroatoms. The zero-order valence-corrected chi connectivity index (χ0v) is 15.1. The summed E-state index contributed by atoms with van der Waals surface area (Å²) in [6.07, 6.45) is 0.133. The first kappa shape index (κ1) is 18.6. The lowest BCUT2D eigenvalue weighted by Crippen LogP contribution is -2.48. The fraction of sp³-hybridized carbons (Fsp3) is 0.688. The van der Waals surface area contributed by atoms with Crippen LogP contribution in [0.1, 0.15) is 26.2 Å². The van der Waals surface area contributed by atoms with Gasteiger partial charge in [0.2, 0.25) is 17.8 Å². The van der Waals surface area contributed by atoms with Crippen molar-refractivity contribution < 1.29 is 13.6 Å². The van der Waals surface area contributed by atoms with Crippen LogP contribution in [-0.2, 0) is 4.79 Å². The molecule has 0 radical (unpaired) electrons. The van der Waals surface area contributed by atoms with Crippen LogP contribution in [0.15, 0.2) is 6.07 Å². The maximum Gasteiger partial charge on any atom is 0.250 e. The van der Waals surface area contributed by atoms with Gasteiger partial charge in [0, 0.05) is 65.1 Å². The molecule has 1 aromatic rings. The number of carbonyl (C=O) groups excluding carboxylic acids is 1. The quantitative estimate of drug-likeness (QED) is 0.675. The number of anilines is 3. The summed E-state index contributed by atoms with van der Waals surface area (Å²) in [6.45, 7) is 4.15. The minimum Gasteiger partial charge on any atom is -0.367 e. The third kappa shape index (κ3) is 4.48. The molecule has 3 N–H and O–H groups in total. The summed E-state index contributed by atoms with van der Waals surface area (Å²) in [4.78, 5) is 24.1. The summed E-state index contributed by atoms with van der Waals surface area (Å²) in [6, 6.07) is 1.48. The molecule has 2 aliphatic rings. The van der Waals surface area contributed by atoms with Gasteiger partial charge >= 0.3 is 0 Å². The minimum absolute atomic E-state index is 0.0643. The summed E-state index contributed by atoms with van der Waals surface area (Å²) < 4.78 is 26.9. The highest BCUT2D eigenvalue weighted by atomic mass is 19.3. The topological polar surface area (TPSA) is 85.4 Å². The van der Waals surface area contributed by atoms with E-state index in [-0.39, 0.29) is 24.8 Å². The highest BCUT2D eigenvalue weighted by molar-refractivity contribution is 5.73. The molecule has 1 aliphatic heterocycles. The Morgan fingerprint density at radius 1 is 1.27 bits per heavy atom. The van der Waals surface area contributed by atoms with E-state index in [9.17, 15) is 13.6 Å². The molecule has 0 spiro atoms. The molecule has 1 saturated heterocycles. The van der Waals surface area contributed by atoms with Gasteiger partial charge in [0.25, 0.3) is 0 Å². The van der Waals surface area contributed by atoms with Crippen molar-refractivity contribution in [1.82, 2.24) is 20.3 Å². The number of alkyl halides is 2. The van der Waals surface area contributed by atoms with Gasteiger partial charge in [0.15, 0.2) is 0 Å². The van der Waals surface area contributed by atoms with Crippen LogP contribution in [0.2, 0.25) is 0 Å². The molecule has 1 atom stereocenters. The maximum absolute atomic E-state index is 13.4. The minimum atomic E-state index is -2.61. The van der Waals surface area contributed by atoms with E-state index in [1.807, 2.05) is 0 Å². The fourth-order valence-corrected chi connectivity index (χ4v) is 3.37. The van der Waals surface area contributed by atoms with Gasteiger partial charge in [-0.2, -0.15) is 9.97 Å². The van der Waals surface area contributed by atoms with E-state index in [1.54, 1.807) is 24.9 Å². The van der Waals surface area contributed by atoms with Crippen molar-refractivity contribution in [2.45, 2.75) is 38.2 Å². The van der Waals surface area contributed by atoms with E-state index < -0.39 is 5.92 Å². The van der Waals surface area contributed by atoms with Crippen molar-refractivity contribution in [3.8, 4) is 0 Å². The van der Waals surface area contributed by atoms with Crippen molar-refractivity contribution in [3.05, 3.63) is 6.07 Å². The zero-order chi connectivity index (χ0) is 18.7. The lowest BCUT2D eigenvalue weighted by atomic mass is 10.2. The predicted octanol–water partition coefficient (Wildman–Crippen LogP) is 1.29. The summed E-state index contributed by atoms with van der Waals surface area (Å²) >= 11 is 0. The van der Waals surface area contributed by atoms with E-state index in [1.165, 1.54) is 0 Å². The van der Waals surface area contributed by atoms with Crippen LogP contribution in [0.5, 0.6) is 0 Å². The van der Waals surface area contributed by atoms with Crippen molar-refractivity contribution in [2.75, 3.05) is 48.9 Å². The highest BCUT2D eigenvalue weighted by Crippen LogP contribution is 2.36. The molecule has 0 bridgehead atoms. The molecule has 1 saturated carbocycles. The number of hydrogen-bond donors (Lipinski definition) is 3. The Bertz CT molecular complexity index is 649. The molecule has 144 valence electrons. The van der Waals surface area contributed by atoms with Gasteiger partial charge in [0.05, 0.1) is 0 Å². The summed E-state index contributed by atoms with van der Waals surface area (Å²) in [5.74, 6) is -0.957. The molecule has 1 unspecified atom stereocenters. The SMILES string of the molecule is CNNc1nc(NC2CCC(F)(F)C2)cc(N2CCN(C(C)=O)CC2)n1. The van der Waals surface area contributed by atoms with Crippen LogP contribution in [0.3, 0.4) is 0 Å². The van der Waals surface area contributed by atoms with E-state index in [0.717, 1.165) is 0 Å². The third-order valence-electron chi connectivity index (χ3n) is 4.75. The van der Waals surface area contributed by atoms with Crippen molar-refractivity contribution in [3.63, 3.8) is 0 Å². The van der Waals surface area contributed by atoms with Crippen LogP contribution in [-0.4, -0.2) is 66.0 Å². The molecule has 0 aromatic carbocycles. The van der Waals surface area contributed by atoms with Crippen molar-refractivity contribution >= 4 is 23.5 Å². The Hall–Kier alpha value is -2.23. The first-order chi connectivity index (χ1) is 12.4. The Morgan fingerprint density at radius 3 is 2.58 bits per heavy atom. The van der Waals surface area contributed by atoms with Gasteiger partial charge in [-0.3, -0.25) is 10.2 Å². The van der Waals surface area contributed by atoms with Crippen molar-refractivity contribution in [2.24, 2.45) is 0 Å². The number of carbonyl (C=O) groups is 1. The van der Waals surface area contributed by atoms with Gasteiger partial charge in [-0.05, 0) is 6.42 Å². The number of rotatable bonds is 5. The number of nitrogens with zero attached hydrogens (tertiary/aromatic N) is 4. The van der Waals surface area contributed by atoms with E-state index in [0.29, 0.717) is 50.2 Å². The molecule has 2 fully saturated rings. The lowest BCUT2D eigenvalue weighted by Gasteiger charge is -2.35. The Labute approximate surface area is 151 Å². The molecule has 2 heterocycles. The summed E-state index contributed by atoms with van der Waals surface area (Å²) in [5, 5.41) is 3.11. The molecule has 1 aromatic heterocycles. The zero-order valence-electron chi connectivity index (χ0n) is 15.1. The van der Waals surface area contributed by atoms with E-state index in [2.05, 4.69) is 31.0 Å². The van der Waals surface area contributed by atoms with Gasteiger partial charge < -0.3 is 15.1 Å². The van der Waals surface area contributed by atoms with E-state index in [4.69, 9.17) is 0 Å². The Kier molecular flexibility index (Phi) is 5.40. The number of aromatic nitrogens is 2. The van der Waals surface area contributed by atoms with Gasteiger partial charge in [-0.15, -0.1) is 0 Å². The predicted molar refractivity (Wildman–Crippen MR) is 95.4 cm³/mol. The fourth-order valence-electron chi connectivity index (χ4n) is 3.37. The number of nitrogens with one attached hydrogen (secondary N) is 3. The standard InChI is InChI=1S/C16H25F2N7O/c1-11(26)24-5-7-25(8-6-24)14-9-13(21-15(22-14)23-19-2)20-12-3-4-16(17,18)10-12/h9,12,19H,3-8,10H2,1-2H3,(H2,20,21,22,23). The highest BCUT2D eigenvalue weighted by Gasteiger charge is 2.39.